The number of fused-ring (bicyclic) bond motifs is 1. The van der Waals surface area contributed by atoms with Gasteiger partial charge in [-0.1, -0.05) is 47.6 Å². The highest BCUT2D eigenvalue weighted by Crippen LogP contribution is 2.46. The Morgan fingerprint density at radius 3 is 2.74 bits per heavy atom. The SMILES string of the molecule is CC1=C(C(=O)OC(C)C)C(c2ccccc2Cl)N2C(CC(=O)NCc3cccnc3)=CSC2=N1. The van der Waals surface area contributed by atoms with E-state index in [4.69, 9.17) is 16.3 Å². The van der Waals surface area contributed by atoms with Crippen molar-refractivity contribution >= 4 is 40.4 Å². The predicted molar refractivity (Wildman–Crippen MR) is 134 cm³/mol. The third-order valence-corrected chi connectivity index (χ3v) is 6.55. The lowest BCUT2D eigenvalue weighted by molar-refractivity contribution is -0.143. The third-order valence-electron chi connectivity index (χ3n) is 5.32. The van der Waals surface area contributed by atoms with Crippen LogP contribution in [-0.4, -0.2) is 33.0 Å². The quantitative estimate of drug-likeness (QED) is 0.545. The third kappa shape index (κ3) is 5.18. The fourth-order valence-electron chi connectivity index (χ4n) is 3.83. The van der Waals surface area contributed by atoms with Crippen LogP contribution in [0.5, 0.6) is 0 Å². The highest BCUT2D eigenvalue weighted by Gasteiger charge is 2.42. The topological polar surface area (TPSA) is 83.9 Å². The van der Waals surface area contributed by atoms with Crippen LogP contribution in [0.3, 0.4) is 0 Å². The number of aromatic nitrogens is 1. The molecule has 3 heterocycles. The Labute approximate surface area is 207 Å². The average Bonchev–Trinajstić information content (AvgIpc) is 3.19. The second-order valence-electron chi connectivity index (χ2n) is 8.18. The molecule has 0 saturated carbocycles. The lowest BCUT2D eigenvalue weighted by atomic mass is 9.93. The number of allylic oxidation sites excluding steroid dienone is 1. The number of nitrogens with zero attached hydrogens (tertiary/aromatic N) is 3. The number of amidine groups is 1. The molecule has 7 nitrogen and oxygen atoms in total. The second kappa shape index (κ2) is 10.4. The Kier molecular flexibility index (Phi) is 7.38. The van der Waals surface area contributed by atoms with Gasteiger partial charge in [-0.05, 0) is 49.4 Å². The molecule has 9 heteroatoms. The molecule has 1 amide bonds. The molecule has 0 spiro atoms. The van der Waals surface area contributed by atoms with Crippen LogP contribution in [0.4, 0.5) is 0 Å². The van der Waals surface area contributed by atoms with Crippen molar-refractivity contribution < 1.29 is 14.3 Å². The van der Waals surface area contributed by atoms with Gasteiger partial charge in [0, 0.05) is 29.7 Å². The van der Waals surface area contributed by atoms with Gasteiger partial charge < -0.3 is 15.0 Å². The molecular weight excluding hydrogens is 472 g/mol. The van der Waals surface area contributed by atoms with Crippen LogP contribution >= 0.6 is 23.4 Å². The normalized spacial score (nSPS) is 17.3. The Hall–Kier alpha value is -3.10. The van der Waals surface area contributed by atoms with E-state index in [2.05, 4.69) is 15.3 Å². The molecule has 1 N–H and O–H groups in total. The number of esters is 1. The summed E-state index contributed by atoms with van der Waals surface area (Å²) < 4.78 is 5.56. The van der Waals surface area contributed by atoms with Gasteiger partial charge in [0.2, 0.25) is 5.91 Å². The van der Waals surface area contributed by atoms with E-state index in [1.165, 1.54) is 11.8 Å². The molecular formula is C25H25ClN4O3S. The number of pyridine rings is 1. The Bertz CT molecular complexity index is 1190. The van der Waals surface area contributed by atoms with Gasteiger partial charge in [-0.15, -0.1) is 0 Å². The van der Waals surface area contributed by atoms with E-state index in [-0.39, 0.29) is 18.4 Å². The number of benzene rings is 1. The second-order valence-corrected chi connectivity index (χ2v) is 9.43. The molecule has 2 aromatic rings. The molecule has 1 atom stereocenters. The van der Waals surface area contributed by atoms with Gasteiger partial charge >= 0.3 is 5.97 Å². The van der Waals surface area contributed by atoms with Gasteiger partial charge in [-0.2, -0.15) is 0 Å². The fourth-order valence-corrected chi connectivity index (χ4v) is 5.03. The summed E-state index contributed by atoms with van der Waals surface area (Å²) in [5.41, 5.74) is 3.38. The predicted octanol–water partition coefficient (Wildman–Crippen LogP) is 4.97. The van der Waals surface area contributed by atoms with Crippen LogP contribution in [0, 0.1) is 0 Å². The van der Waals surface area contributed by atoms with E-state index in [1.54, 1.807) is 39.2 Å². The molecule has 2 aliphatic rings. The number of carbonyl (C=O) groups excluding carboxylic acids is 2. The highest BCUT2D eigenvalue weighted by atomic mass is 35.5. The minimum absolute atomic E-state index is 0.124. The molecule has 1 aromatic carbocycles. The molecule has 0 fully saturated rings. The zero-order chi connectivity index (χ0) is 24.2. The zero-order valence-corrected chi connectivity index (χ0v) is 20.7. The Balaban J connectivity index is 1.63. The van der Waals surface area contributed by atoms with E-state index in [1.807, 2.05) is 40.6 Å². The molecule has 0 radical (unpaired) electrons. The molecule has 176 valence electrons. The lowest BCUT2D eigenvalue weighted by Gasteiger charge is -2.36. The summed E-state index contributed by atoms with van der Waals surface area (Å²) in [5, 5.41) is 6.05. The van der Waals surface area contributed by atoms with Crippen molar-refractivity contribution in [2.45, 2.75) is 45.9 Å². The first-order chi connectivity index (χ1) is 16.3. The first-order valence-corrected chi connectivity index (χ1v) is 12.2. The zero-order valence-electron chi connectivity index (χ0n) is 19.1. The molecule has 1 aromatic heterocycles. The van der Waals surface area contributed by atoms with Gasteiger partial charge in [0.15, 0.2) is 5.17 Å². The molecule has 1 unspecified atom stereocenters. The van der Waals surface area contributed by atoms with Crippen LogP contribution in [0.2, 0.25) is 5.02 Å². The van der Waals surface area contributed by atoms with Gasteiger partial charge in [-0.3, -0.25) is 9.78 Å². The van der Waals surface area contributed by atoms with Crippen LogP contribution in [0.25, 0.3) is 0 Å². The van der Waals surface area contributed by atoms with Gasteiger partial charge in [0.25, 0.3) is 0 Å². The first-order valence-electron chi connectivity index (χ1n) is 10.9. The number of carbonyl (C=O) groups is 2. The number of nitrogens with one attached hydrogen (secondary N) is 1. The van der Waals surface area contributed by atoms with Crippen LogP contribution in [0.15, 0.2) is 76.2 Å². The standard InChI is InChI=1S/C25H25ClN4O3S/c1-15(2)33-24(32)22-16(3)29-25-30(23(22)19-8-4-5-9-20(19)26)18(14-34-25)11-21(31)28-13-17-7-6-10-27-12-17/h4-10,12,14-15,23H,11,13H2,1-3H3,(H,28,31). The van der Waals surface area contributed by atoms with E-state index in [0.29, 0.717) is 28.0 Å². The summed E-state index contributed by atoms with van der Waals surface area (Å²) in [6.45, 7) is 5.79. The van der Waals surface area contributed by atoms with Crippen molar-refractivity contribution in [1.29, 1.82) is 0 Å². The fraction of sp³-hybridized carbons (Fsp3) is 0.280. The number of hydrogen-bond acceptors (Lipinski definition) is 7. The van der Waals surface area contributed by atoms with Crippen molar-refractivity contribution in [3.8, 4) is 0 Å². The number of rotatable bonds is 7. The van der Waals surface area contributed by atoms with E-state index in [9.17, 15) is 9.59 Å². The van der Waals surface area contributed by atoms with Crippen LogP contribution in [-0.2, 0) is 20.9 Å². The van der Waals surface area contributed by atoms with Crippen molar-refractivity contribution in [1.82, 2.24) is 15.2 Å². The summed E-state index contributed by atoms with van der Waals surface area (Å²) in [5.74, 6) is -0.593. The number of amides is 1. The lowest BCUT2D eigenvalue weighted by Crippen LogP contribution is -2.38. The molecule has 34 heavy (non-hydrogen) atoms. The van der Waals surface area contributed by atoms with E-state index >= 15 is 0 Å². The number of halogens is 1. The monoisotopic (exact) mass is 496 g/mol. The van der Waals surface area contributed by atoms with E-state index in [0.717, 1.165) is 16.8 Å². The van der Waals surface area contributed by atoms with Crippen LogP contribution in [0.1, 0.15) is 44.4 Å². The molecule has 0 aliphatic carbocycles. The highest BCUT2D eigenvalue weighted by molar-refractivity contribution is 8.16. The Morgan fingerprint density at radius 1 is 1.24 bits per heavy atom. The number of ether oxygens (including phenoxy) is 1. The first kappa shape index (κ1) is 24.0. The van der Waals surface area contributed by atoms with Crippen molar-refractivity contribution in [2.24, 2.45) is 4.99 Å². The average molecular weight is 497 g/mol. The summed E-state index contributed by atoms with van der Waals surface area (Å²) >= 11 is 8.01. The van der Waals surface area contributed by atoms with E-state index < -0.39 is 12.0 Å². The minimum atomic E-state index is -0.556. The summed E-state index contributed by atoms with van der Waals surface area (Å²) in [6, 6.07) is 10.6. The van der Waals surface area contributed by atoms with Crippen molar-refractivity contribution in [3.63, 3.8) is 0 Å². The van der Waals surface area contributed by atoms with Crippen molar-refractivity contribution in [2.75, 3.05) is 0 Å². The summed E-state index contributed by atoms with van der Waals surface area (Å²) in [6.07, 6.45) is 3.24. The maximum Gasteiger partial charge on any atom is 0.338 e. The molecule has 0 saturated heterocycles. The number of aliphatic imine (C=N–C) groups is 1. The Morgan fingerprint density at radius 2 is 2.03 bits per heavy atom. The summed E-state index contributed by atoms with van der Waals surface area (Å²) in [7, 11) is 0. The summed E-state index contributed by atoms with van der Waals surface area (Å²) in [4.78, 5) is 36.6. The molecule has 4 rings (SSSR count). The largest absolute Gasteiger partial charge is 0.459 e. The van der Waals surface area contributed by atoms with Gasteiger partial charge in [-0.25, -0.2) is 9.79 Å². The van der Waals surface area contributed by atoms with Gasteiger partial charge in [0.1, 0.15) is 0 Å². The maximum absolute atomic E-state index is 13.2. The van der Waals surface area contributed by atoms with Gasteiger partial charge in [0.05, 0.1) is 29.8 Å². The molecule has 2 aliphatic heterocycles. The minimum Gasteiger partial charge on any atom is -0.459 e. The number of hydrogen-bond donors (Lipinski definition) is 1. The number of thioether (sulfide) groups is 1. The van der Waals surface area contributed by atoms with Crippen molar-refractivity contribution in [3.05, 3.63) is 87.3 Å². The smallest absolute Gasteiger partial charge is 0.338 e. The van der Waals surface area contributed by atoms with Crippen LogP contribution < -0.4 is 5.32 Å². The maximum atomic E-state index is 13.2. The molecule has 0 bridgehead atoms.